The lowest BCUT2D eigenvalue weighted by Crippen LogP contribution is -2.05. The van der Waals surface area contributed by atoms with Crippen molar-refractivity contribution in [3.63, 3.8) is 0 Å². The summed E-state index contributed by atoms with van der Waals surface area (Å²) >= 11 is 0. The minimum Gasteiger partial charge on any atom is -0.319 e. The van der Waals surface area contributed by atoms with Crippen LogP contribution in [0.2, 0.25) is 0 Å². The first-order valence-corrected chi connectivity index (χ1v) is 3.72. The van der Waals surface area contributed by atoms with E-state index in [4.69, 9.17) is 0 Å². The second-order valence-electron chi connectivity index (χ2n) is 2.56. The van der Waals surface area contributed by atoms with E-state index >= 15 is 0 Å². The van der Waals surface area contributed by atoms with E-state index in [9.17, 15) is 0 Å². The Balaban J connectivity index is 3.29. The molecule has 0 atom stereocenters. The van der Waals surface area contributed by atoms with Gasteiger partial charge in [-0.05, 0) is 33.9 Å². The van der Waals surface area contributed by atoms with Gasteiger partial charge in [0.1, 0.15) is 0 Å². The van der Waals surface area contributed by atoms with E-state index in [1.807, 2.05) is 7.05 Å². The topological polar surface area (TPSA) is 12.0 Å². The summed E-state index contributed by atoms with van der Waals surface area (Å²) in [7, 11) is 1.97. The van der Waals surface area contributed by atoms with Gasteiger partial charge in [-0.3, -0.25) is 0 Å². The fraction of sp³-hybridized carbons (Fsp3) is 0.556. The smallest absolute Gasteiger partial charge is 0.00172 e. The molecule has 0 aliphatic heterocycles. The van der Waals surface area contributed by atoms with Crippen LogP contribution >= 0.6 is 0 Å². The van der Waals surface area contributed by atoms with E-state index in [0.717, 1.165) is 13.0 Å². The minimum atomic E-state index is 1.06. The van der Waals surface area contributed by atoms with E-state index in [1.165, 1.54) is 5.57 Å². The zero-order valence-electron chi connectivity index (χ0n) is 7.15. The van der Waals surface area contributed by atoms with Crippen molar-refractivity contribution in [2.24, 2.45) is 0 Å². The van der Waals surface area contributed by atoms with Crippen LogP contribution in [-0.4, -0.2) is 13.6 Å². The molecule has 1 nitrogen and oxygen atoms in total. The summed E-state index contributed by atoms with van der Waals surface area (Å²) in [6, 6.07) is 0. The molecule has 1 N–H and O–H groups in total. The maximum absolute atomic E-state index is 3.08. The molecule has 0 aromatic rings. The van der Waals surface area contributed by atoms with Crippen molar-refractivity contribution < 1.29 is 0 Å². The highest BCUT2D eigenvalue weighted by molar-refractivity contribution is 5.07. The zero-order chi connectivity index (χ0) is 7.82. The first kappa shape index (κ1) is 9.44. The van der Waals surface area contributed by atoms with Gasteiger partial charge in [-0.1, -0.05) is 23.8 Å². The molecule has 0 radical (unpaired) electrons. The molecule has 0 fully saturated rings. The summed E-state index contributed by atoms with van der Waals surface area (Å²) in [5.74, 6) is 0. The van der Waals surface area contributed by atoms with E-state index in [2.05, 4.69) is 37.4 Å². The first-order chi connectivity index (χ1) is 4.77. The molecule has 10 heavy (non-hydrogen) atoms. The molecule has 0 spiro atoms. The lowest BCUT2D eigenvalue weighted by molar-refractivity contribution is 0.808. The Hall–Kier alpha value is -0.560. The molecule has 0 heterocycles. The molecule has 0 aliphatic carbocycles. The molecule has 0 rings (SSSR count). The van der Waals surface area contributed by atoms with Crippen LogP contribution in [-0.2, 0) is 0 Å². The second kappa shape index (κ2) is 6.56. The summed E-state index contributed by atoms with van der Waals surface area (Å²) in [4.78, 5) is 0. The van der Waals surface area contributed by atoms with Crippen LogP contribution in [0.3, 0.4) is 0 Å². The molecule has 0 aliphatic rings. The molecule has 0 saturated carbocycles. The lowest BCUT2D eigenvalue weighted by Gasteiger charge is -1.89. The Morgan fingerprint density at radius 2 is 2.10 bits per heavy atom. The third-order valence-corrected chi connectivity index (χ3v) is 1.13. The normalized spacial score (nSPS) is 10.3. The van der Waals surface area contributed by atoms with Crippen LogP contribution in [0.25, 0.3) is 0 Å². The lowest BCUT2D eigenvalue weighted by atomic mass is 10.3. The van der Waals surface area contributed by atoms with Gasteiger partial charge in [0.05, 0.1) is 0 Å². The van der Waals surface area contributed by atoms with Crippen LogP contribution in [0.1, 0.15) is 20.3 Å². The molecule has 58 valence electrons. The Morgan fingerprint density at radius 3 is 2.60 bits per heavy atom. The second-order valence-corrected chi connectivity index (χ2v) is 2.56. The molecule has 0 unspecified atom stereocenters. The van der Waals surface area contributed by atoms with Crippen molar-refractivity contribution in [2.75, 3.05) is 13.6 Å². The molecule has 0 amide bonds. The maximum Gasteiger partial charge on any atom is -0.00172 e. The van der Waals surface area contributed by atoms with E-state index in [1.54, 1.807) is 0 Å². The largest absolute Gasteiger partial charge is 0.319 e. The van der Waals surface area contributed by atoms with Crippen molar-refractivity contribution in [2.45, 2.75) is 20.3 Å². The average molecular weight is 139 g/mol. The quantitative estimate of drug-likeness (QED) is 0.464. The third-order valence-electron chi connectivity index (χ3n) is 1.13. The Morgan fingerprint density at radius 1 is 1.40 bits per heavy atom. The SMILES string of the molecule is CNCC/C=C/C=C(C)C. The minimum absolute atomic E-state index is 1.06. The van der Waals surface area contributed by atoms with Gasteiger partial charge in [-0.2, -0.15) is 0 Å². The molecule has 0 aromatic heterocycles. The van der Waals surface area contributed by atoms with Gasteiger partial charge in [0.25, 0.3) is 0 Å². The highest BCUT2D eigenvalue weighted by Gasteiger charge is 1.74. The van der Waals surface area contributed by atoms with Crippen molar-refractivity contribution >= 4 is 0 Å². The first-order valence-electron chi connectivity index (χ1n) is 3.72. The number of hydrogen-bond acceptors (Lipinski definition) is 1. The van der Waals surface area contributed by atoms with Gasteiger partial charge >= 0.3 is 0 Å². The molecular formula is C9H17N. The Labute approximate surface area is 63.8 Å². The van der Waals surface area contributed by atoms with Crippen molar-refractivity contribution in [3.05, 3.63) is 23.8 Å². The van der Waals surface area contributed by atoms with Gasteiger partial charge in [-0.15, -0.1) is 0 Å². The van der Waals surface area contributed by atoms with Crippen LogP contribution in [0.5, 0.6) is 0 Å². The summed E-state index contributed by atoms with van der Waals surface area (Å²) in [5.41, 5.74) is 1.35. The van der Waals surface area contributed by atoms with Crippen molar-refractivity contribution in [1.82, 2.24) is 5.32 Å². The van der Waals surface area contributed by atoms with Crippen molar-refractivity contribution in [3.8, 4) is 0 Å². The van der Waals surface area contributed by atoms with E-state index in [-0.39, 0.29) is 0 Å². The van der Waals surface area contributed by atoms with Gasteiger partial charge < -0.3 is 5.32 Å². The van der Waals surface area contributed by atoms with E-state index < -0.39 is 0 Å². The number of hydrogen-bond donors (Lipinski definition) is 1. The predicted molar refractivity (Wildman–Crippen MR) is 47.1 cm³/mol. The van der Waals surface area contributed by atoms with E-state index in [0.29, 0.717) is 0 Å². The fourth-order valence-electron chi connectivity index (χ4n) is 0.584. The molecular weight excluding hydrogens is 122 g/mol. The molecule has 0 aromatic carbocycles. The molecule has 1 heteroatoms. The maximum atomic E-state index is 3.08. The Bertz CT molecular complexity index is 119. The standard InChI is InChI=1S/C9H17N/c1-9(2)7-5-4-6-8-10-3/h4-5,7,10H,6,8H2,1-3H3/b5-4+. The summed E-state index contributed by atoms with van der Waals surface area (Å²) < 4.78 is 0. The highest BCUT2D eigenvalue weighted by Crippen LogP contribution is 1.89. The number of rotatable bonds is 4. The van der Waals surface area contributed by atoms with Gasteiger partial charge in [0.15, 0.2) is 0 Å². The van der Waals surface area contributed by atoms with Crippen LogP contribution < -0.4 is 5.32 Å². The highest BCUT2D eigenvalue weighted by atomic mass is 14.8. The monoisotopic (exact) mass is 139 g/mol. The average Bonchev–Trinajstić information content (AvgIpc) is 1.87. The molecule has 0 bridgehead atoms. The third kappa shape index (κ3) is 7.44. The molecule has 0 saturated heterocycles. The van der Waals surface area contributed by atoms with Gasteiger partial charge in [-0.25, -0.2) is 0 Å². The van der Waals surface area contributed by atoms with Crippen LogP contribution in [0, 0.1) is 0 Å². The Kier molecular flexibility index (Phi) is 6.19. The fourth-order valence-corrected chi connectivity index (χ4v) is 0.584. The number of nitrogens with one attached hydrogen (secondary N) is 1. The van der Waals surface area contributed by atoms with Crippen LogP contribution in [0.15, 0.2) is 23.8 Å². The zero-order valence-corrected chi connectivity index (χ0v) is 7.15. The van der Waals surface area contributed by atoms with Crippen molar-refractivity contribution in [1.29, 1.82) is 0 Å². The van der Waals surface area contributed by atoms with Gasteiger partial charge in [0.2, 0.25) is 0 Å². The summed E-state index contributed by atoms with van der Waals surface area (Å²) in [6.45, 7) is 5.26. The van der Waals surface area contributed by atoms with Crippen LogP contribution in [0.4, 0.5) is 0 Å². The number of allylic oxidation sites excluding steroid dienone is 3. The predicted octanol–water partition coefficient (Wildman–Crippen LogP) is 2.12. The summed E-state index contributed by atoms with van der Waals surface area (Å²) in [5, 5.41) is 3.08. The van der Waals surface area contributed by atoms with Gasteiger partial charge in [0, 0.05) is 0 Å². The summed E-state index contributed by atoms with van der Waals surface area (Å²) in [6.07, 6.45) is 7.51.